The third-order valence-electron chi connectivity index (χ3n) is 6.95. The Morgan fingerprint density at radius 2 is 1.65 bits per heavy atom. The van der Waals surface area contributed by atoms with Crippen molar-refractivity contribution in [2.75, 3.05) is 33.9 Å². The van der Waals surface area contributed by atoms with Gasteiger partial charge < -0.3 is 14.4 Å². The Morgan fingerprint density at radius 1 is 1.00 bits per heavy atom. The summed E-state index contributed by atoms with van der Waals surface area (Å²) in [4.78, 5) is 17.7. The minimum Gasteiger partial charge on any atom is -0.493 e. The lowest BCUT2D eigenvalue weighted by molar-refractivity contribution is -0.138. The molecule has 5 nitrogen and oxygen atoms in total. The van der Waals surface area contributed by atoms with E-state index in [4.69, 9.17) is 9.47 Å². The number of amides is 1. The summed E-state index contributed by atoms with van der Waals surface area (Å²) in [5.74, 6) is 2.43. The topological polar surface area (TPSA) is 42.0 Å². The zero-order valence-corrected chi connectivity index (χ0v) is 19.0. The van der Waals surface area contributed by atoms with E-state index in [0.29, 0.717) is 12.5 Å². The minimum absolute atomic E-state index is 0.0700. The molecule has 2 heterocycles. The van der Waals surface area contributed by atoms with Crippen LogP contribution in [-0.4, -0.2) is 55.6 Å². The molecule has 31 heavy (non-hydrogen) atoms. The van der Waals surface area contributed by atoms with Crippen molar-refractivity contribution in [3.8, 4) is 11.5 Å². The summed E-state index contributed by atoms with van der Waals surface area (Å²) in [5, 5.41) is 0. The first kappa shape index (κ1) is 21.7. The summed E-state index contributed by atoms with van der Waals surface area (Å²) in [6.07, 6.45) is 4.32. The standard InChI is InChI=1S/C26H34N2O3/c1-19(27-12-9-21(10-13-27)15-20-7-5-4-6-8-20)26(29)28-14-11-22-16-24(30-2)25(31-3)17-23(22)18-28/h4-8,16-17,19,21H,9-15,18H2,1-3H3. The number of fused-ring (bicyclic) bond motifs is 1. The number of likely N-dealkylation sites (tertiary alicyclic amines) is 1. The monoisotopic (exact) mass is 422 g/mol. The molecule has 0 aliphatic carbocycles. The molecule has 1 saturated heterocycles. The van der Waals surface area contributed by atoms with Gasteiger partial charge in [0.15, 0.2) is 11.5 Å². The maximum absolute atomic E-state index is 13.3. The summed E-state index contributed by atoms with van der Waals surface area (Å²) in [6.45, 7) is 5.48. The van der Waals surface area contributed by atoms with Crippen molar-refractivity contribution >= 4 is 5.91 Å². The minimum atomic E-state index is -0.0700. The van der Waals surface area contributed by atoms with Crippen LogP contribution in [0.5, 0.6) is 11.5 Å². The Morgan fingerprint density at radius 3 is 2.29 bits per heavy atom. The van der Waals surface area contributed by atoms with Crippen molar-refractivity contribution in [1.29, 1.82) is 0 Å². The summed E-state index contributed by atoms with van der Waals surface area (Å²) in [5.41, 5.74) is 3.83. The van der Waals surface area contributed by atoms with Gasteiger partial charge in [-0.1, -0.05) is 30.3 Å². The van der Waals surface area contributed by atoms with E-state index in [1.165, 1.54) is 11.1 Å². The van der Waals surface area contributed by atoms with Crippen molar-refractivity contribution in [2.45, 2.75) is 45.2 Å². The molecule has 1 atom stereocenters. The zero-order chi connectivity index (χ0) is 21.8. The molecule has 1 fully saturated rings. The van der Waals surface area contributed by atoms with Gasteiger partial charge >= 0.3 is 0 Å². The van der Waals surface area contributed by atoms with Crippen molar-refractivity contribution in [3.05, 3.63) is 59.2 Å². The van der Waals surface area contributed by atoms with Gasteiger partial charge in [0.1, 0.15) is 0 Å². The van der Waals surface area contributed by atoms with Gasteiger partial charge in [0.25, 0.3) is 0 Å². The summed E-state index contributed by atoms with van der Waals surface area (Å²) < 4.78 is 10.9. The van der Waals surface area contributed by atoms with Crippen LogP contribution in [0.1, 0.15) is 36.5 Å². The fourth-order valence-electron chi connectivity index (χ4n) is 4.98. The second-order valence-electron chi connectivity index (χ2n) is 8.83. The Balaban J connectivity index is 1.34. The molecule has 2 aromatic rings. The Bertz CT molecular complexity index is 891. The van der Waals surface area contributed by atoms with Crippen LogP contribution in [0.25, 0.3) is 0 Å². The largest absolute Gasteiger partial charge is 0.493 e. The maximum atomic E-state index is 13.3. The van der Waals surface area contributed by atoms with E-state index >= 15 is 0 Å². The predicted molar refractivity (Wildman–Crippen MR) is 123 cm³/mol. The van der Waals surface area contributed by atoms with Gasteiger partial charge in [-0.3, -0.25) is 9.69 Å². The van der Waals surface area contributed by atoms with Gasteiger partial charge in [0, 0.05) is 13.1 Å². The molecular formula is C26H34N2O3. The highest BCUT2D eigenvalue weighted by atomic mass is 16.5. The fraction of sp³-hybridized carbons (Fsp3) is 0.500. The molecule has 2 aromatic carbocycles. The van der Waals surface area contributed by atoms with Gasteiger partial charge in [0.2, 0.25) is 5.91 Å². The summed E-state index contributed by atoms with van der Waals surface area (Å²) in [7, 11) is 3.31. The summed E-state index contributed by atoms with van der Waals surface area (Å²) in [6, 6.07) is 14.8. The normalized spacial score (nSPS) is 18.4. The number of hydrogen-bond donors (Lipinski definition) is 0. The lowest BCUT2D eigenvalue weighted by Gasteiger charge is -2.38. The van der Waals surface area contributed by atoms with Gasteiger partial charge in [-0.15, -0.1) is 0 Å². The number of methoxy groups -OCH3 is 2. The molecule has 0 N–H and O–H groups in total. The second-order valence-corrected chi connectivity index (χ2v) is 8.83. The molecule has 4 rings (SSSR count). The molecule has 5 heteroatoms. The number of rotatable bonds is 6. The quantitative estimate of drug-likeness (QED) is 0.707. The molecule has 1 unspecified atom stereocenters. The van der Waals surface area contributed by atoms with Crippen LogP contribution in [0.4, 0.5) is 0 Å². The van der Waals surface area contributed by atoms with Crippen molar-refractivity contribution < 1.29 is 14.3 Å². The number of piperidine rings is 1. The molecule has 0 aromatic heterocycles. The Kier molecular flexibility index (Phi) is 6.81. The number of benzene rings is 2. The SMILES string of the molecule is COc1cc2c(cc1OC)CN(C(=O)C(C)N1CCC(Cc3ccccc3)CC1)CC2. The highest BCUT2D eigenvalue weighted by molar-refractivity contribution is 5.81. The van der Waals surface area contributed by atoms with Gasteiger partial charge in [-0.05, 0) is 80.4 Å². The molecule has 0 spiro atoms. The van der Waals surface area contributed by atoms with Crippen LogP contribution in [0.2, 0.25) is 0 Å². The molecule has 2 aliphatic heterocycles. The van der Waals surface area contributed by atoms with E-state index in [2.05, 4.69) is 48.2 Å². The van der Waals surface area contributed by atoms with E-state index in [1.807, 2.05) is 11.0 Å². The van der Waals surface area contributed by atoms with Crippen LogP contribution in [0.3, 0.4) is 0 Å². The van der Waals surface area contributed by atoms with E-state index in [-0.39, 0.29) is 11.9 Å². The fourth-order valence-corrected chi connectivity index (χ4v) is 4.98. The first-order chi connectivity index (χ1) is 15.1. The van der Waals surface area contributed by atoms with Crippen LogP contribution in [0.15, 0.2) is 42.5 Å². The van der Waals surface area contributed by atoms with E-state index in [0.717, 1.165) is 62.4 Å². The average molecular weight is 423 g/mol. The van der Waals surface area contributed by atoms with E-state index < -0.39 is 0 Å². The number of ether oxygens (including phenoxy) is 2. The van der Waals surface area contributed by atoms with Gasteiger partial charge in [0.05, 0.1) is 20.3 Å². The van der Waals surface area contributed by atoms with Gasteiger partial charge in [-0.2, -0.15) is 0 Å². The smallest absolute Gasteiger partial charge is 0.239 e. The second kappa shape index (κ2) is 9.73. The average Bonchev–Trinajstić information content (AvgIpc) is 2.83. The summed E-state index contributed by atoms with van der Waals surface area (Å²) >= 11 is 0. The van der Waals surface area contributed by atoms with E-state index in [9.17, 15) is 4.79 Å². The molecule has 0 saturated carbocycles. The van der Waals surface area contributed by atoms with Crippen molar-refractivity contribution in [1.82, 2.24) is 9.80 Å². The number of nitrogens with zero attached hydrogens (tertiary/aromatic N) is 2. The molecular weight excluding hydrogens is 388 g/mol. The number of carbonyl (C=O) groups is 1. The van der Waals surface area contributed by atoms with Crippen LogP contribution < -0.4 is 9.47 Å². The maximum Gasteiger partial charge on any atom is 0.239 e. The highest BCUT2D eigenvalue weighted by Crippen LogP contribution is 2.33. The Labute approximate surface area is 185 Å². The lowest BCUT2D eigenvalue weighted by Crippen LogP contribution is -2.50. The first-order valence-corrected chi connectivity index (χ1v) is 11.4. The third-order valence-corrected chi connectivity index (χ3v) is 6.95. The Hall–Kier alpha value is -2.53. The van der Waals surface area contributed by atoms with Crippen molar-refractivity contribution in [2.24, 2.45) is 5.92 Å². The van der Waals surface area contributed by atoms with Crippen LogP contribution in [-0.2, 0) is 24.2 Å². The van der Waals surface area contributed by atoms with Crippen LogP contribution >= 0.6 is 0 Å². The zero-order valence-electron chi connectivity index (χ0n) is 19.0. The molecule has 166 valence electrons. The van der Waals surface area contributed by atoms with Crippen molar-refractivity contribution in [3.63, 3.8) is 0 Å². The van der Waals surface area contributed by atoms with Gasteiger partial charge in [-0.25, -0.2) is 0 Å². The molecule has 1 amide bonds. The third kappa shape index (κ3) is 4.87. The lowest BCUT2D eigenvalue weighted by atomic mass is 9.89. The van der Waals surface area contributed by atoms with Crippen LogP contribution in [0, 0.1) is 5.92 Å². The predicted octanol–water partition coefficient (Wildman–Crippen LogP) is 3.93. The molecule has 2 aliphatic rings. The first-order valence-electron chi connectivity index (χ1n) is 11.4. The molecule has 0 bridgehead atoms. The number of carbonyl (C=O) groups excluding carboxylic acids is 1. The van der Waals surface area contributed by atoms with E-state index in [1.54, 1.807) is 14.2 Å². The highest BCUT2D eigenvalue weighted by Gasteiger charge is 2.31. The molecule has 0 radical (unpaired) electrons. The number of hydrogen-bond acceptors (Lipinski definition) is 4.